The van der Waals surface area contributed by atoms with Crippen molar-refractivity contribution in [2.45, 2.75) is 40.0 Å². The predicted octanol–water partition coefficient (Wildman–Crippen LogP) is 3.61. The molecule has 22 heavy (non-hydrogen) atoms. The zero-order chi connectivity index (χ0) is 16.3. The maximum Gasteiger partial charge on any atom is 0.253 e. The lowest BCUT2D eigenvalue weighted by Crippen LogP contribution is -2.60. The molecular formula is C19H30N2O. The Hall–Kier alpha value is -1.35. The van der Waals surface area contributed by atoms with Crippen LogP contribution >= 0.6 is 0 Å². The molecule has 122 valence electrons. The Kier molecular flexibility index (Phi) is 5.28. The molecule has 1 aliphatic rings. The van der Waals surface area contributed by atoms with Gasteiger partial charge in [0.1, 0.15) is 0 Å². The summed E-state index contributed by atoms with van der Waals surface area (Å²) in [5.41, 5.74) is 2.34. The summed E-state index contributed by atoms with van der Waals surface area (Å²) in [5, 5.41) is 0. The standard InChI is InChI=1S/C19H30N2O/c1-6-11-20(5)12-19(4)13-21(14-19)18(22)17-9-7-16(8-10-17)15(2)3/h7-10,15H,6,11-14H2,1-5H3. The quantitative estimate of drug-likeness (QED) is 0.801. The molecule has 0 atom stereocenters. The van der Waals surface area contributed by atoms with Crippen LogP contribution in [0.4, 0.5) is 0 Å². The van der Waals surface area contributed by atoms with Gasteiger partial charge in [0.05, 0.1) is 0 Å². The largest absolute Gasteiger partial charge is 0.337 e. The summed E-state index contributed by atoms with van der Waals surface area (Å²) in [6.45, 7) is 12.8. The summed E-state index contributed by atoms with van der Waals surface area (Å²) >= 11 is 0. The molecule has 0 aliphatic carbocycles. The number of likely N-dealkylation sites (tertiary alicyclic amines) is 1. The molecule has 0 unspecified atom stereocenters. The van der Waals surface area contributed by atoms with Crippen LogP contribution in [0, 0.1) is 5.41 Å². The Morgan fingerprint density at radius 3 is 2.36 bits per heavy atom. The van der Waals surface area contributed by atoms with Crippen LogP contribution in [0.2, 0.25) is 0 Å². The smallest absolute Gasteiger partial charge is 0.253 e. The van der Waals surface area contributed by atoms with E-state index in [-0.39, 0.29) is 11.3 Å². The minimum Gasteiger partial charge on any atom is -0.337 e. The van der Waals surface area contributed by atoms with Gasteiger partial charge in [0.25, 0.3) is 5.91 Å². The summed E-state index contributed by atoms with van der Waals surface area (Å²) in [5.74, 6) is 0.677. The second-order valence-corrected chi connectivity index (χ2v) is 7.49. The molecule has 0 saturated carbocycles. The van der Waals surface area contributed by atoms with Gasteiger partial charge in [0.2, 0.25) is 0 Å². The number of nitrogens with zero attached hydrogens (tertiary/aromatic N) is 2. The van der Waals surface area contributed by atoms with Crippen LogP contribution < -0.4 is 0 Å². The second-order valence-electron chi connectivity index (χ2n) is 7.49. The normalized spacial score (nSPS) is 17.0. The molecule has 3 heteroatoms. The molecule has 1 aliphatic heterocycles. The van der Waals surface area contributed by atoms with Crippen LogP contribution in [0.15, 0.2) is 24.3 Å². The molecular weight excluding hydrogens is 272 g/mol. The van der Waals surface area contributed by atoms with Gasteiger partial charge < -0.3 is 9.80 Å². The lowest BCUT2D eigenvalue weighted by atomic mass is 9.81. The van der Waals surface area contributed by atoms with Crippen molar-refractivity contribution >= 4 is 5.91 Å². The number of benzene rings is 1. The van der Waals surface area contributed by atoms with Crippen molar-refractivity contribution in [1.29, 1.82) is 0 Å². The Morgan fingerprint density at radius 1 is 1.27 bits per heavy atom. The first-order chi connectivity index (χ1) is 10.3. The van der Waals surface area contributed by atoms with Gasteiger partial charge in [-0.15, -0.1) is 0 Å². The maximum absolute atomic E-state index is 12.5. The van der Waals surface area contributed by atoms with Gasteiger partial charge in [-0.2, -0.15) is 0 Å². The van der Waals surface area contributed by atoms with E-state index < -0.39 is 0 Å². The number of rotatable bonds is 6. The third-order valence-corrected chi connectivity index (χ3v) is 4.51. The highest BCUT2D eigenvalue weighted by molar-refractivity contribution is 5.94. The topological polar surface area (TPSA) is 23.6 Å². The van der Waals surface area contributed by atoms with Crippen molar-refractivity contribution < 1.29 is 4.79 Å². The number of carbonyl (C=O) groups is 1. The zero-order valence-electron chi connectivity index (χ0n) is 14.7. The SMILES string of the molecule is CCCN(C)CC1(C)CN(C(=O)c2ccc(C(C)C)cc2)C1. The van der Waals surface area contributed by atoms with E-state index in [1.54, 1.807) is 0 Å². The molecule has 1 fully saturated rings. The third-order valence-electron chi connectivity index (χ3n) is 4.51. The van der Waals surface area contributed by atoms with Gasteiger partial charge in [-0.05, 0) is 43.6 Å². The van der Waals surface area contributed by atoms with Gasteiger partial charge in [0.15, 0.2) is 0 Å². The lowest BCUT2D eigenvalue weighted by Gasteiger charge is -2.49. The molecule has 2 rings (SSSR count). The van der Waals surface area contributed by atoms with Crippen molar-refractivity contribution in [2.24, 2.45) is 5.41 Å². The van der Waals surface area contributed by atoms with Crippen LogP contribution in [-0.4, -0.2) is 48.9 Å². The average molecular weight is 302 g/mol. The fraction of sp³-hybridized carbons (Fsp3) is 0.632. The van der Waals surface area contributed by atoms with Crippen LogP contribution in [0.25, 0.3) is 0 Å². The van der Waals surface area contributed by atoms with Crippen molar-refractivity contribution in [1.82, 2.24) is 9.80 Å². The van der Waals surface area contributed by atoms with Gasteiger partial charge in [-0.3, -0.25) is 4.79 Å². The monoisotopic (exact) mass is 302 g/mol. The molecule has 1 saturated heterocycles. The van der Waals surface area contributed by atoms with E-state index in [9.17, 15) is 4.79 Å². The summed E-state index contributed by atoms with van der Waals surface area (Å²) in [4.78, 5) is 16.9. The van der Waals surface area contributed by atoms with Gasteiger partial charge in [-0.25, -0.2) is 0 Å². The molecule has 1 heterocycles. The van der Waals surface area contributed by atoms with Crippen molar-refractivity contribution in [2.75, 3.05) is 33.2 Å². The highest BCUT2D eigenvalue weighted by Gasteiger charge is 2.41. The fourth-order valence-corrected chi connectivity index (χ4v) is 3.42. The number of carbonyl (C=O) groups excluding carboxylic acids is 1. The van der Waals surface area contributed by atoms with E-state index in [1.165, 1.54) is 12.0 Å². The highest BCUT2D eigenvalue weighted by Crippen LogP contribution is 2.32. The molecule has 0 N–H and O–H groups in total. The minimum atomic E-state index is 0.172. The molecule has 0 radical (unpaired) electrons. The van der Waals surface area contributed by atoms with E-state index in [1.807, 2.05) is 17.0 Å². The van der Waals surface area contributed by atoms with Crippen molar-refractivity contribution in [3.05, 3.63) is 35.4 Å². The molecule has 3 nitrogen and oxygen atoms in total. The summed E-state index contributed by atoms with van der Waals surface area (Å²) in [6.07, 6.45) is 1.18. The molecule has 1 aromatic rings. The second kappa shape index (κ2) is 6.82. The van der Waals surface area contributed by atoms with Gasteiger partial charge in [0, 0.05) is 30.6 Å². The van der Waals surface area contributed by atoms with E-state index in [0.717, 1.165) is 31.7 Å². The van der Waals surface area contributed by atoms with E-state index in [0.29, 0.717) is 5.92 Å². The maximum atomic E-state index is 12.5. The van der Waals surface area contributed by atoms with E-state index in [2.05, 4.69) is 51.8 Å². The summed E-state index contributed by atoms with van der Waals surface area (Å²) < 4.78 is 0. The Balaban J connectivity index is 1.90. The fourth-order valence-electron chi connectivity index (χ4n) is 3.42. The first-order valence-electron chi connectivity index (χ1n) is 8.42. The summed E-state index contributed by atoms with van der Waals surface area (Å²) in [6, 6.07) is 8.09. The number of hydrogen-bond donors (Lipinski definition) is 0. The minimum absolute atomic E-state index is 0.172. The molecule has 0 spiro atoms. The average Bonchev–Trinajstić information content (AvgIpc) is 2.44. The first kappa shape index (κ1) is 17.0. The van der Waals surface area contributed by atoms with Gasteiger partial charge in [-0.1, -0.05) is 39.8 Å². The van der Waals surface area contributed by atoms with Crippen LogP contribution in [0.5, 0.6) is 0 Å². The van der Waals surface area contributed by atoms with Crippen molar-refractivity contribution in [3.8, 4) is 0 Å². The van der Waals surface area contributed by atoms with Crippen LogP contribution in [-0.2, 0) is 0 Å². The number of amides is 1. The zero-order valence-corrected chi connectivity index (χ0v) is 14.7. The number of hydrogen-bond acceptors (Lipinski definition) is 2. The van der Waals surface area contributed by atoms with Crippen LogP contribution in [0.1, 0.15) is 56.0 Å². The Morgan fingerprint density at radius 2 is 1.86 bits per heavy atom. The Labute approximate surface area is 135 Å². The summed E-state index contributed by atoms with van der Waals surface area (Å²) in [7, 11) is 2.17. The highest BCUT2D eigenvalue weighted by atomic mass is 16.2. The van der Waals surface area contributed by atoms with Crippen LogP contribution in [0.3, 0.4) is 0 Å². The first-order valence-corrected chi connectivity index (χ1v) is 8.42. The van der Waals surface area contributed by atoms with Crippen molar-refractivity contribution in [3.63, 3.8) is 0 Å². The molecule has 1 amide bonds. The Bertz CT molecular complexity index is 501. The van der Waals surface area contributed by atoms with E-state index >= 15 is 0 Å². The molecule has 1 aromatic carbocycles. The third kappa shape index (κ3) is 3.89. The van der Waals surface area contributed by atoms with Gasteiger partial charge >= 0.3 is 0 Å². The predicted molar refractivity (Wildman–Crippen MR) is 92.3 cm³/mol. The molecule has 0 aromatic heterocycles. The molecule has 0 bridgehead atoms. The van der Waals surface area contributed by atoms with E-state index in [4.69, 9.17) is 0 Å². The lowest BCUT2D eigenvalue weighted by molar-refractivity contribution is -0.0000250.